The Kier molecular flexibility index (Phi) is 3.99. The number of rotatable bonds is 0. The van der Waals surface area contributed by atoms with Crippen LogP contribution < -0.4 is 0 Å². The lowest BCUT2D eigenvalue weighted by molar-refractivity contribution is -0.151. The molecule has 5 aliphatic rings. The van der Waals surface area contributed by atoms with Gasteiger partial charge in [0.1, 0.15) is 17.3 Å². The van der Waals surface area contributed by atoms with Crippen LogP contribution in [0.15, 0.2) is 34.6 Å². The lowest BCUT2D eigenvalue weighted by Crippen LogP contribution is -2.57. The average Bonchev–Trinajstić information content (AvgIpc) is 3.10. The summed E-state index contributed by atoms with van der Waals surface area (Å²) in [5, 5.41) is 0. The Morgan fingerprint density at radius 1 is 0.815 bits per heavy atom. The second kappa shape index (κ2) is 6.29. The maximum absolute atomic E-state index is 13.4. The SMILES string of the molecule is O=C1CCCC2=C1C1(C(=O)CCCC1=O)[C@@H]1C(=C3CCCCC3)C=C[C@@H]1O2. The Hall–Kier alpha value is -1.97. The van der Waals surface area contributed by atoms with Crippen LogP contribution in [0.2, 0.25) is 0 Å². The van der Waals surface area contributed by atoms with Crippen molar-refractivity contribution in [2.24, 2.45) is 11.3 Å². The molecule has 0 radical (unpaired) electrons. The highest BCUT2D eigenvalue weighted by molar-refractivity contribution is 6.20. The van der Waals surface area contributed by atoms with Gasteiger partial charge < -0.3 is 4.74 Å². The minimum Gasteiger partial charge on any atom is -0.490 e. The van der Waals surface area contributed by atoms with Crippen LogP contribution in [0.5, 0.6) is 0 Å². The molecule has 1 aliphatic heterocycles. The van der Waals surface area contributed by atoms with E-state index in [0.29, 0.717) is 43.4 Å². The number of Topliss-reactive ketones (excluding diaryl/α,β-unsaturated/α-hetero) is 3. The van der Waals surface area contributed by atoms with Crippen LogP contribution >= 0.6 is 0 Å². The zero-order valence-electron chi connectivity index (χ0n) is 15.7. The second-order valence-electron chi connectivity index (χ2n) is 8.62. The molecule has 2 saturated carbocycles. The van der Waals surface area contributed by atoms with E-state index in [1.807, 2.05) is 6.08 Å². The minimum absolute atomic E-state index is 0.0433. The second-order valence-corrected chi connectivity index (χ2v) is 8.62. The van der Waals surface area contributed by atoms with Crippen molar-refractivity contribution >= 4 is 17.3 Å². The molecule has 0 aromatic rings. The van der Waals surface area contributed by atoms with Crippen molar-refractivity contribution in [3.8, 4) is 0 Å². The molecule has 0 aromatic carbocycles. The van der Waals surface area contributed by atoms with Gasteiger partial charge in [0.25, 0.3) is 0 Å². The van der Waals surface area contributed by atoms with Crippen molar-refractivity contribution in [3.63, 3.8) is 0 Å². The van der Waals surface area contributed by atoms with E-state index in [4.69, 9.17) is 4.74 Å². The summed E-state index contributed by atoms with van der Waals surface area (Å²) in [6.45, 7) is 0. The predicted molar refractivity (Wildman–Crippen MR) is 99.8 cm³/mol. The molecule has 1 spiro atoms. The molecular weight excluding hydrogens is 340 g/mol. The van der Waals surface area contributed by atoms with Gasteiger partial charge in [-0.1, -0.05) is 18.1 Å². The summed E-state index contributed by atoms with van der Waals surface area (Å²) in [4.78, 5) is 39.9. The average molecular weight is 366 g/mol. The molecule has 0 aromatic heterocycles. The smallest absolute Gasteiger partial charge is 0.163 e. The fourth-order valence-corrected chi connectivity index (χ4v) is 6.06. The van der Waals surface area contributed by atoms with Gasteiger partial charge in [-0.05, 0) is 50.2 Å². The molecule has 5 rings (SSSR count). The number of carbonyl (C=O) groups excluding carboxylic acids is 3. The molecular formula is C23H26O4. The molecule has 0 amide bonds. The Balaban J connectivity index is 1.74. The van der Waals surface area contributed by atoms with Crippen LogP contribution in [0, 0.1) is 11.3 Å². The highest BCUT2D eigenvalue weighted by atomic mass is 16.5. The molecule has 2 atom stereocenters. The van der Waals surface area contributed by atoms with E-state index in [2.05, 4.69) is 6.08 Å². The van der Waals surface area contributed by atoms with Gasteiger partial charge in [0.2, 0.25) is 0 Å². The summed E-state index contributed by atoms with van der Waals surface area (Å²) in [5.74, 6) is 0.162. The number of allylic oxidation sites excluding steroid dienone is 4. The van der Waals surface area contributed by atoms with Crippen molar-refractivity contribution in [1.82, 2.24) is 0 Å². The van der Waals surface area contributed by atoms with Gasteiger partial charge in [0.05, 0.1) is 5.57 Å². The van der Waals surface area contributed by atoms with E-state index in [1.165, 1.54) is 12.0 Å². The van der Waals surface area contributed by atoms with Crippen LogP contribution in [0.4, 0.5) is 0 Å². The topological polar surface area (TPSA) is 60.4 Å². The van der Waals surface area contributed by atoms with E-state index in [9.17, 15) is 14.4 Å². The summed E-state index contributed by atoms with van der Waals surface area (Å²) in [5.41, 5.74) is 1.64. The molecule has 4 nitrogen and oxygen atoms in total. The van der Waals surface area contributed by atoms with E-state index in [0.717, 1.165) is 37.7 Å². The Labute approximate surface area is 159 Å². The van der Waals surface area contributed by atoms with Gasteiger partial charge in [0.15, 0.2) is 17.3 Å². The number of hydrogen-bond acceptors (Lipinski definition) is 4. The maximum Gasteiger partial charge on any atom is 0.163 e. The summed E-state index contributed by atoms with van der Waals surface area (Å²) >= 11 is 0. The molecule has 142 valence electrons. The fourth-order valence-electron chi connectivity index (χ4n) is 6.06. The van der Waals surface area contributed by atoms with Crippen LogP contribution in [-0.4, -0.2) is 23.5 Å². The van der Waals surface area contributed by atoms with Crippen LogP contribution in [-0.2, 0) is 19.1 Å². The molecule has 4 aliphatic carbocycles. The number of ketones is 3. The van der Waals surface area contributed by atoms with E-state index < -0.39 is 5.41 Å². The first-order valence-electron chi connectivity index (χ1n) is 10.5. The van der Waals surface area contributed by atoms with Crippen molar-refractivity contribution in [3.05, 3.63) is 34.6 Å². The highest BCUT2D eigenvalue weighted by Crippen LogP contribution is 2.57. The number of carbonyl (C=O) groups is 3. The van der Waals surface area contributed by atoms with Crippen LogP contribution in [0.25, 0.3) is 0 Å². The van der Waals surface area contributed by atoms with Crippen molar-refractivity contribution in [2.75, 3.05) is 0 Å². The molecule has 4 heteroatoms. The molecule has 0 unspecified atom stereocenters. The third kappa shape index (κ3) is 2.31. The Morgan fingerprint density at radius 3 is 2.26 bits per heavy atom. The van der Waals surface area contributed by atoms with E-state index in [1.54, 1.807) is 0 Å². The monoisotopic (exact) mass is 366 g/mol. The Bertz CT molecular complexity index is 801. The lowest BCUT2D eigenvalue weighted by atomic mass is 9.54. The summed E-state index contributed by atoms with van der Waals surface area (Å²) in [6, 6.07) is 0. The van der Waals surface area contributed by atoms with Crippen molar-refractivity contribution < 1.29 is 19.1 Å². The third-order valence-electron chi connectivity index (χ3n) is 7.19. The lowest BCUT2D eigenvalue weighted by Gasteiger charge is -2.48. The van der Waals surface area contributed by atoms with Crippen molar-refractivity contribution in [2.45, 2.75) is 76.7 Å². The van der Waals surface area contributed by atoms with Crippen LogP contribution in [0.1, 0.15) is 70.6 Å². The molecule has 1 heterocycles. The van der Waals surface area contributed by atoms with Gasteiger partial charge in [-0.3, -0.25) is 14.4 Å². The third-order valence-corrected chi connectivity index (χ3v) is 7.19. The van der Waals surface area contributed by atoms with Gasteiger partial charge in [0, 0.05) is 31.6 Å². The normalized spacial score (nSPS) is 32.7. The zero-order chi connectivity index (χ0) is 18.6. The Morgan fingerprint density at radius 2 is 1.52 bits per heavy atom. The van der Waals surface area contributed by atoms with Crippen molar-refractivity contribution in [1.29, 1.82) is 0 Å². The van der Waals surface area contributed by atoms with Crippen LogP contribution in [0.3, 0.4) is 0 Å². The first-order valence-corrected chi connectivity index (χ1v) is 10.5. The van der Waals surface area contributed by atoms with Gasteiger partial charge in [-0.25, -0.2) is 0 Å². The zero-order valence-corrected chi connectivity index (χ0v) is 15.7. The van der Waals surface area contributed by atoms with E-state index in [-0.39, 0.29) is 29.4 Å². The number of ether oxygens (including phenoxy) is 1. The molecule has 0 bridgehead atoms. The standard InChI is InChI=1S/C23H26O4/c24-16-8-4-9-17-22(16)23(19(25)10-5-11-20(23)26)21-15(12-13-18(21)27-17)14-6-2-1-3-7-14/h12-13,18,21H,1-11H2/t18-,21+/m0/s1. The van der Waals surface area contributed by atoms with Gasteiger partial charge in [-0.2, -0.15) is 0 Å². The van der Waals surface area contributed by atoms with E-state index >= 15 is 0 Å². The first kappa shape index (κ1) is 17.2. The molecule has 27 heavy (non-hydrogen) atoms. The fraction of sp³-hybridized carbons (Fsp3) is 0.609. The molecule has 0 N–H and O–H groups in total. The largest absolute Gasteiger partial charge is 0.490 e. The first-order chi connectivity index (χ1) is 13.1. The minimum atomic E-state index is -1.28. The summed E-state index contributed by atoms with van der Waals surface area (Å²) in [6.07, 6.45) is 12.7. The number of hydrogen-bond donors (Lipinski definition) is 0. The summed E-state index contributed by atoms with van der Waals surface area (Å²) in [7, 11) is 0. The molecule has 0 saturated heterocycles. The quantitative estimate of drug-likeness (QED) is 0.604. The van der Waals surface area contributed by atoms with Gasteiger partial charge >= 0.3 is 0 Å². The summed E-state index contributed by atoms with van der Waals surface area (Å²) < 4.78 is 6.26. The predicted octanol–water partition coefficient (Wildman–Crippen LogP) is 4.15. The maximum atomic E-state index is 13.4. The number of fused-ring (bicyclic) bond motifs is 3. The highest BCUT2D eigenvalue weighted by Gasteiger charge is 2.64. The molecule has 2 fully saturated rings. The van der Waals surface area contributed by atoms with Gasteiger partial charge in [-0.15, -0.1) is 0 Å².